The van der Waals surface area contributed by atoms with Gasteiger partial charge in [-0.25, -0.2) is 4.98 Å². The van der Waals surface area contributed by atoms with Crippen LogP contribution in [0.25, 0.3) is 28.3 Å². The molecular weight excluding hydrogens is 460 g/mol. The normalized spacial score (nSPS) is 16.6. The minimum atomic E-state index is -0.245. The second-order valence-corrected chi connectivity index (χ2v) is 10.9. The highest BCUT2D eigenvalue weighted by Gasteiger charge is 2.27. The zero-order valence-corrected chi connectivity index (χ0v) is 21.4. The van der Waals surface area contributed by atoms with Crippen LogP contribution in [0.3, 0.4) is 0 Å². The van der Waals surface area contributed by atoms with E-state index in [0.29, 0.717) is 11.5 Å². The fourth-order valence-electron chi connectivity index (χ4n) is 5.44. The number of nitriles is 1. The van der Waals surface area contributed by atoms with Crippen LogP contribution in [0.1, 0.15) is 31.4 Å². The van der Waals surface area contributed by atoms with Crippen LogP contribution < -0.4 is 10.2 Å². The maximum absolute atomic E-state index is 9.55. The quantitative estimate of drug-likeness (QED) is 0.367. The van der Waals surface area contributed by atoms with Crippen molar-refractivity contribution in [1.29, 1.82) is 5.26 Å². The van der Waals surface area contributed by atoms with Gasteiger partial charge in [-0.2, -0.15) is 5.26 Å². The van der Waals surface area contributed by atoms with Crippen LogP contribution in [-0.2, 0) is 6.54 Å². The van der Waals surface area contributed by atoms with Gasteiger partial charge in [0.15, 0.2) is 5.82 Å². The number of nitrogens with one attached hydrogen (secondary N) is 1. The standard InChI is InChI=1S/C30H32N6O/c1-30(2,20-37)33-16-22-9-11-34(17-22)26-7-8-27-25(13-26)19-35-18-24(23-5-3-21(15-31)4-6-23)14-28(35)29-32-10-12-36(27)29/h3-8,10,12-14,18,22,33,37H,9,11,16-17,19-20H2,1-2H3. The number of rotatable bonds is 6. The maximum atomic E-state index is 9.55. The lowest BCUT2D eigenvalue weighted by Crippen LogP contribution is -2.45. The highest BCUT2D eigenvalue weighted by Crippen LogP contribution is 2.36. The summed E-state index contributed by atoms with van der Waals surface area (Å²) in [5.74, 6) is 1.50. The lowest BCUT2D eigenvalue weighted by atomic mass is 10.0. The molecule has 4 heterocycles. The van der Waals surface area contributed by atoms with Gasteiger partial charge in [-0.3, -0.25) is 4.57 Å². The van der Waals surface area contributed by atoms with E-state index >= 15 is 0 Å². The summed E-state index contributed by atoms with van der Waals surface area (Å²) >= 11 is 0. The van der Waals surface area contributed by atoms with Gasteiger partial charge in [-0.15, -0.1) is 0 Å². The topological polar surface area (TPSA) is 82.0 Å². The smallest absolute Gasteiger partial charge is 0.161 e. The zero-order chi connectivity index (χ0) is 25.6. The first-order chi connectivity index (χ1) is 17.9. The van der Waals surface area contributed by atoms with E-state index in [1.54, 1.807) is 0 Å². The Morgan fingerprint density at radius 3 is 2.76 bits per heavy atom. The van der Waals surface area contributed by atoms with E-state index < -0.39 is 0 Å². The molecule has 37 heavy (non-hydrogen) atoms. The molecule has 1 saturated heterocycles. The first-order valence-corrected chi connectivity index (χ1v) is 12.9. The van der Waals surface area contributed by atoms with Gasteiger partial charge in [-0.05, 0) is 73.7 Å². The van der Waals surface area contributed by atoms with E-state index in [-0.39, 0.29) is 12.1 Å². The van der Waals surface area contributed by atoms with E-state index in [2.05, 4.69) is 55.9 Å². The van der Waals surface area contributed by atoms with E-state index in [4.69, 9.17) is 10.2 Å². The molecular formula is C30H32N6O. The van der Waals surface area contributed by atoms with Crippen LogP contribution in [0, 0.1) is 17.2 Å². The van der Waals surface area contributed by atoms with Crippen LogP contribution >= 0.6 is 0 Å². The Kier molecular flexibility index (Phi) is 5.86. The number of fused-ring (bicyclic) bond motifs is 5. The van der Waals surface area contributed by atoms with E-state index in [9.17, 15) is 5.11 Å². The summed E-state index contributed by atoms with van der Waals surface area (Å²) < 4.78 is 4.48. The molecule has 0 aliphatic carbocycles. The third-order valence-electron chi connectivity index (χ3n) is 7.69. The van der Waals surface area contributed by atoms with Crippen molar-refractivity contribution in [3.05, 3.63) is 78.2 Å². The number of hydrogen-bond donors (Lipinski definition) is 2. The van der Waals surface area contributed by atoms with Crippen molar-refractivity contribution >= 4 is 5.69 Å². The number of imidazole rings is 1. The van der Waals surface area contributed by atoms with Crippen molar-refractivity contribution < 1.29 is 5.11 Å². The van der Waals surface area contributed by atoms with Gasteiger partial charge >= 0.3 is 0 Å². The number of aliphatic hydroxyl groups excluding tert-OH is 1. The second-order valence-electron chi connectivity index (χ2n) is 10.9. The van der Waals surface area contributed by atoms with Crippen LogP contribution in [0.5, 0.6) is 0 Å². The van der Waals surface area contributed by atoms with Crippen molar-refractivity contribution in [3.8, 4) is 34.4 Å². The van der Waals surface area contributed by atoms with Crippen LogP contribution in [0.15, 0.2) is 67.1 Å². The Balaban J connectivity index is 1.28. The Morgan fingerprint density at radius 2 is 1.97 bits per heavy atom. The molecule has 7 heteroatoms. The molecule has 2 aliphatic heterocycles. The summed E-state index contributed by atoms with van der Waals surface area (Å²) in [5.41, 5.74) is 7.40. The van der Waals surface area contributed by atoms with Crippen molar-refractivity contribution in [2.75, 3.05) is 31.1 Å². The van der Waals surface area contributed by atoms with Crippen molar-refractivity contribution in [1.82, 2.24) is 19.4 Å². The fraction of sp³-hybridized carbons (Fsp3) is 0.333. The number of anilines is 1. The lowest BCUT2D eigenvalue weighted by molar-refractivity contribution is 0.184. The number of hydrogen-bond acceptors (Lipinski definition) is 5. The average molecular weight is 493 g/mol. The second kappa shape index (κ2) is 9.22. The summed E-state index contributed by atoms with van der Waals surface area (Å²) in [5, 5.41) is 22.2. The predicted octanol–water partition coefficient (Wildman–Crippen LogP) is 4.43. The largest absolute Gasteiger partial charge is 0.394 e. The number of aliphatic hydroxyl groups is 1. The van der Waals surface area contributed by atoms with Gasteiger partial charge < -0.3 is 19.9 Å². The molecule has 2 N–H and O–H groups in total. The Morgan fingerprint density at radius 1 is 1.14 bits per heavy atom. The molecule has 2 aliphatic rings. The Labute approximate surface area is 217 Å². The Bertz CT molecular complexity index is 1470. The third kappa shape index (κ3) is 4.43. The minimum Gasteiger partial charge on any atom is -0.394 e. The van der Waals surface area contributed by atoms with Crippen LogP contribution in [0.2, 0.25) is 0 Å². The lowest BCUT2D eigenvalue weighted by Gasteiger charge is -2.26. The van der Waals surface area contributed by atoms with Gasteiger partial charge in [0.2, 0.25) is 0 Å². The van der Waals surface area contributed by atoms with Crippen molar-refractivity contribution in [2.45, 2.75) is 32.4 Å². The summed E-state index contributed by atoms with van der Waals surface area (Å²) in [4.78, 5) is 7.20. The average Bonchev–Trinajstić information content (AvgIpc) is 3.66. The number of nitrogens with zero attached hydrogens (tertiary/aromatic N) is 5. The third-order valence-corrected chi connectivity index (χ3v) is 7.69. The molecule has 1 unspecified atom stereocenters. The van der Waals surface area contributed by atoms with E-state index in [1.807, 2.05) is 50.5 Å². The summed E-state index contributed by atoms with van der Waals surface area (Å²) in [6.07, 6.45) is 7.24. The fourth-order valence-corrected chi connectivity index (χ4v) is 5.44. The van der Waals surface area contributed by atoms with Gasteiger partial charge in [0.05, 0.1) is 29.6 Å². The first-order valence-electron chi connectivity index (χ1n) is 12.9. The predicted molar refractivity (Wildman–Crippen MR) is 146 cm³/mol. The molecule has 1 atom stereocenters. The van der Waals surface area contributed by atoms with Crippen molar-refractivity contribution in [3.63, 3.8) is 0 Å². The zero-order valence-electron chi connectivity index (χ0n) is 21.4. The maximum Gasteiger partial charge on any atom is 0.161 e. The van der Waals surface area contributed by atoms with E-state index in [1.165, 1.54) is 16.9 Å². The number of aromatic nitrogens is 3. The summed E-state index contributed by atoms with van der Waals surface area (Å²) in [7, 11) is 0. The summed E-state index contributed by atoms with van der Waals surface area (Å²) in [6.45, 7) is 7.95. The van der Waals surface area contributed by atoms with Gasteiger partial charge in [0.25, 0.3) is 0 Å². The van der Waals surface area contributed by atoms with Gasteiger partial charge in [0, 0.05) is 61.6 Å². The van der Waals surface area contributed by atoms with Crippen LogP contribution in [0.4, 0.5) is 5.69 Å². The molecule has 0 amide bonds. The molecule has 0 bridgehead atoms. The van der Waals surface area contributed by atoms with Crippen molar-refractivity contribution in [2.24, 2.45) is 5.92 Å². The molecule has 2 aromatic carbocycles. The molecule has 6 rings (SSSR count). The number of benzene rings is 2. The minimum absolute atomic E-state index is 0.138. The van der Waals surface area contributed by atoms with Gasteiger partial charge in [-0.1, -0.05) is 12.1 Å². The summed E-state index contributed by atoms with van der Waals surface area (Å²) in [6, 6.07) is 18.9. The monoisotopic (exact) mass is 492 g/mol. The molecule has 0 radical (unpaired) electrons. The highest BCUT2D eigenvalue weighted by molar-refractivity contribution is 5.72. The molecule has 4 aromatic rings. The SMILES string of the molecule is CC(C)(CO)NCC1CCN(c2ccc3c(c2)Cn2cc(-c4ccc(C#N)cc4)cc2-c2nccn2-3)C1. The first kappa shape index (κ1) is 23.5. The van der Waals surface area contributed by atoms with Gasteiger partial charge in [0.1, 0.15) is 0 Å². The molecule has 0 spiro atoms. The molecule has 2 aromatic heterocycles. The molecule has 1 fully saturated rings. The molecule has 7 nitrogen and oxygen atoms in total. The molecule has 0 saturated carbocycles. The van der Waals surface area contributed by atoms with E-state index in [0.717, 1.165) is 55.2 Å². The molecule has 188 valence electrons. The Hall–Kier alpha value is -3.86. The highest BCUT2D eigenvalue weighted by atomic mass is 16.3. The van der Waals surface area contributed by atoms with Crippen LogP contribution in [-0.4, -0.2) is 51.0 Å².